The van der Waals surface area contributed by atoms with Crippen molar-refractivity contribution in [3.8, 4) is 0 Å². The lowest BCUT2D eigenvalue weighted by Gasteiger charge is -2.09. The Morgan fingerprint density at radius 3 is 2.82 bits per heavy atom. The molecule has 1 N–H and O–H groups in total. The molecule has 0 saturated carbocycles. The molecule has 90 valence electrons. The number of hydrogen-bond acceptors (Lipinski definition) is 2. The number of fused-ring (bicyclic) bond motifs is 1. The topological polar surface area (TPSA) is 34.0 Å². The van der Waals surface area contributed by atoms with E-state index in [0.717, 1.165) is 6.54 Å². The van der Waals surface area contributed by atoms with E-state index in [0.29, 0.717) is 0 Å². The van der Waals surface area contributed by atoms with Crippen molar-refractivity contribution in [2.45, 2.75) is 26.4 Å². The van der Waals surface area contributed by atoms with Crippen molar-refractivity contribution < 1.29 is 4.79 Å². The van der Waals surface area contributed by atoms with E-state index in [1.165, 1.54) is 16.5 Å². The molecule has 2 aromatic rings. The lowest BCUT2D eigenvalue weighted by Crippen LogP contribution is -2.31. The number of aromatic nitrogens is 1. The van der Waals surface area contributed by atoms with Crippen molar-refractivity contribution in [3.63, 3.8) is 0 Å². The van der Waals surface area contributed by atoms with Gasteiger partial charge in [-0.2, -0.15) is 0 Å². The zero-order valence-corrected chi connectivity index (χ0v) is 10.5. The van der Waals surface area contributed by atoms with Crippen LogP contribution in [0.15, 0.2) is 30.5 Å². The summed E-state index contributed by atoms with van der Waals surface area (Å²) >= 11 is 0. The van der Waals surface area contributed by atoms with E-state index in [-0.39, 0.29) is 11.8 Å². The summed E-state index contributed by atoms with van der Waals surface area (Å²) in [6.07, 6.45) is 2.12. The minimum Gasteiger partial charge on any atom is -0.350 e. The third kappa shape index (κ3) is 2.39. The van der Waals surface area contributed by atoms with Crippen LogP contribution in [-0.4, -0.2) is 16.4 Å². The quantitative estimate of drug-likeness (QED) is 0.874. The number of carbonyl (C=O) groups excluding carboxylic acids is 1. The van der Waals surface area contributed by atoms with Gasteiger partial charge in [0.15, 0.2) is 0 Å². The van der Waals surface area contributed by atoms with Crippen LogP contribution in [0.5, 0.6) is 0 Å². The summed E-state index contributed by atoms with van der Waals surface area (Å²) in [5.41, 5.74) is 2.45. The number of para-hydroxylation sites is 1. The summed E-state index contributed by atoms with van der Waals surface area (Å²) in [4.78, 5) is 11.2. The highest BCUT2D eigenvalue weighted by molar-refractivity contribution is 5.84. The second-order valence-corrected chi connectivity index (χ2v) is 4.50. The van der Waals surface area contributed by atoms with Crippen LogP contribution in [0.1, 0.15) is 19.4 Å². The Labute approximate surface area is 101 Å². The molecule has 0 radical (unpaired) electrons. The van der Waals surface area contributed by atoms with Gasteiger partial charge in [-0.25, -0.2) is 0 Å². The van der Waals surface area contributed by atoms with Gasteiger partial charge in [0.25, 0.3) is 0 Å². The van der Waals surface area contributed by atoms with Crippen molar-refractivity contribution in [3.05, 3.63) is 36.0 Å². The normalized spacial score (nSPS) is 12.9. The smallest absolute Gasteiger partial charge is 0.146 e. The van der Waals surface area contributed by atoms with Crippen LogP contribution in [0.4, 0.5) is 0 Å². The van der Waals surface area contributed by atoms with E-state index in [1.54, 1.807) is 6.92 Å². The molecular weight excluding hydrogens is 212 g/mol. The van der Waals surface area contributed by atoms with E-state index in [1.807, 2.05) is 26.1 Å². The summed E-state index contributed by atoms with van der Waals surface area (Å²) in [6, 6.07) is 8.21. The van der Waals surface area contributed by atoms with Crippen LogP contribution >= 0.6 is 0 Å². The van der Waals surface area contributed by atoms with Crippen LogP contribution in [-0.2, 0) is 18.4 Å². The highest BCUT2D eigenvalue weighted by Gasteiger charge is 2.09. The molecule has 1 aromatic carbocycles. The Hall–Kier alpha value is -1.61. The Morgan fingerprint density at radius 1 is 1.41 bits per heavy atom. The molecule has 0 aliphatic rings. The molecule has 1 aromatic heterocycles. The third-order valence-electron chi connectivity index (χ3n) is 3.19. The van der Waals surface area contributed by atoms with E-state index in [9.17, 15) is 4.79 Å². The van der Waals surface area contributed by atoms with E-state index in [2.05, 4.69) is 28.2 Å². The first-order chi connectivity index (χ1) is 8.09. The fourth-order valence-corrected chi connectivity index (χ4v) is 1.97. The summed E-state index contributed by atoms with van der Waals surface area (Å²) in [6.45, 7) is 4.23. The van der Waals surface area contributed by atoms with Gasteiger partial charge in [-0.1, -0.05) is 18.2 Å². The number of hydrogen-bond donors (Lipinski definition) is 1. The Balaban J connectivity index is 2.22. The summed E-state index contributed by atoms with van der Waals surface area (Å²) < 4.78 is 2.12. The van der Waals surface area contributed by atoms with Crippen LogP contribution in [0, 0.1) is 0 Å². The molecule has 0 amide bonds. The second-order valence-electron chi connectivity index (χ2n) is 4.50. The maximum Gasteiger partial charge on any atom is 0.146 e. The summed E-state index contributed by atoms with van der Waals surface area (Å²) in [5.74, 6) is 0.172. The monoisotopic (exact) mass is 230 g/mol. The maximum absolute atomic E-state index is 11.2. The molecular formula is C14H18N2O. The molecule has 1 heterocycles. The lowest BCUT2D eigenvalue weighted by atomic mass is 10.1. The zero-order chi connectivity index (χ0) is 12.4. The predicted molar refractivity (Wildman–Crippen MR) is 69.9 cm³/mol. The van der Waals surface area contributed by atoms with Crippen LogP contribution < -0.4 is 5.32 Å². The largest absolute Gasteiger partial charge is 0.350 e. The highest BCUT2D eigenvalue weighted by atomic mass is 16.1. The first-order valence-corrected chi connectivity index (χ1v) is 5.86. The highest BCUT2D eigenvalue weighted by Crippen LogP contribution is 2.19. The molecule has 3 heteroatoms. The van der Waals surface area contributed by atoms with Gasteiger partial charge in [-0.15, -0.1) is 0 Å². The molecule has 3 nitrogen and oxygen atoms in total. The van der Waals surface area contributed by atoms with E-state index in [4.69, 9.17) is 0 Å². The van der Waals surface area contributed by atoms with Crippen molar-refractivity contribution in [1.82, 2.24) is 9.88 Å². The average molecular weight is 230 g/mol. The van der Waals surface area contributed by atoms with E-state index >= 15 is 0 Å². The Kier molecular flexibility index (Phi) is 3.29. The van der Waals surface area contributed by atoms with Gasteiger partial charge in [0.1, 0.15) is 5.78 Å². The third-order valence-corrected chi connectivity index (χ3v) is 3.19. The molecule has 0 aliphatic carbocycles. The number of nitrogens with zero attached hydrogens (tertiary/aromatic N) is 1. The first-order valence-electron chi connectivity index (χ1n) is 5.86. The fourth-order valence-electron chi connectivity index (χ4n) is 1.97. The lowest BCUT2D eigenvalue weighted by molar-refractivity contribution is -0.118. The first kappa shape index (κ1) is 11.9. The molecule has 0 aliphatic heterocycles. The number of ketones is 1. The molecule has 1 atom stereocenters. The zero-order valence-electron chi connectivity index (χ0n) is 10.5. The van der Waals surface area contributed by atoms with Gasteiger partial charge < -0.3 is 9.88 Å². The van der Waals surface area contributed by atoms with Crippen LogP contribution in [0.25, 0.3) is 10.9 Å². The van der Waals surface area contributed by atoms with Crippen LogP contribution in [0.2, 0.25) is 0 Å². The molecule has 2 rings (SSSR count). The number of nitrogens with one attached hydrogen (secondary N) is 1. The maximum atomic E-state index is 11.2. The van der Waals surface area contributed by atoms with Gasteiger partial charge in [-0.3, -0.25) is 4.79 Å². The summed E-state index contributed by atoms with van der Waals surface area (Å²) in [5, 5.41) is 4.49. The molecule has 0 unspecified atom stereocenters. The minimum atomic E-state index is -0.0889. The molecule has 0 bridgehead atoms. The van der Waals surface area contributed by atoms with Gasteiger partial charge >= 0.3 is 0 Å². The second kappa shape index (κ2) is 4.72. The molecule has 0 saturated heterocycles. The number of Topliss-reactive ketones (excluding diaryl/α,β-unsaturated/α-hetero) is 1. The number of aryl methyl sites for hydroxylation is 1. The molecule has 0 spiro atoms. The van der Waals surface area contributed by atoms with Crippen molar-refractivity contribution in [2.24, 2.45) is 7.05 Å². The summed E-state index contributed by atoms with van der Waals surface area (Å²) in [7, 11) is 2.04. The minimum absolute atomic E-state index is 0.0889. The number of benzene rings is 1. The molecule has 0 fully saturated rings. The Morgan fingerprint density at radius 2 is 2.12 bits per heavy atom. The van der Waals surface area contributed by atoms with Gasteiger partial charge in [-0.05, 0) is 25.5 Å². The molecule has 17 heavy (non-hydrogen) atoms. The van der Waals surface area contributed by atoms with E-state index < -0.39 is 0 Å². The van der Waals surface area contributed by atoms with Gasteiger partial charge in [0.2, 0.25) is 0 Å². The van der Waals surface area contributed by atoms with Crippen LogP contribution in [0.3, 0.4) is 0 Å². The SMILES string of the molecule is CC(=O)[C@H](C)NCc1cn(C)c2ccccc12. The predicted octanol–water partition coefficient (Wildman–Crippen LogP) is 2.25. The number of rotatable bonds is 4. The standard InChI is InChI=1S/C14H18N2O/c1-10(11(2)17)15-8-12-9-16(3)14-7-5-4-6-13(12)14/h4-7,9-10,15H,8H2,1-3H3/t10-/m0/s1. The van der Waals surface area contributed by atoms with Gasteiger partial charge in [0, 0.05) is 30.7 Å². The van der Waals surface area contributed by atoms with Crippen molar-refractivity contribution in [2.75, 3.05) is 0 Å². The Bertz CT molecular complexity index is 542. The number of carbonyl (C=O) groups is 1. The fraction of sp³-hybridized carbons (Fsp3) is 0.357. The van der Waals surface area contributed by atoms with Crippen molar-refractivity contribution in [1.29, 1.82) is 0 Å². The van der Waals surface area contributed by atoms with Crippen molar-refractivity contribution >= 4 is 16.7 Å². The average Bonchev–Trinajstić information content (AvgIpc) is 2.64. The van der Waals surface area contributed by atoms with Gasteiger partial charge in [0.05, 0.1) is 6.04 Å².